The zero-order valence-electron chi connectivity index (χ0n) is 36.7. The second-order valence-corrected chi connectivity index (χ2v) is 17.8. The molecule has 0 radical (unpaired) electrons. The van der Waals surface area contributed by atoms with E-state index in [0.29, 0.717) is 65.4 Å². The number of imide groups is 1. The molecule has 2 saturated heterocycles. The van der Waals surface area contributed by atoms with Crippen molar-refractivity contribution in [2.75, 3.05) is 19.6 Å². The summed E-state index contributed by atoms with van der Waals surface area (Å²) in [5, 5.41) is 12.5. The molecule has 13 heteroatoms. The summed E-state index contributed by atoms with van der Waals surface area (Å²) in [4.78, 5) is 60.0. The van der Waals surface area contributed by atoms with Crippen LogP contribution in [-0.4, -0.2) is 34.2 Å². The van der Waals surface area contributed by atoms with Crippen molar-refractivity contribution in [3.05, 3.63) is 212 Å². The van der Waals surface area contributed by atoms with Gasteiger partial charge in [-0.15, -0.1) is 0 Å². The summed E-state index contributed by atoms with van der Waals surface area (Å²) in [5.74, 6) is -0.167. The molecule has 12 nitrogen and oxygen atoms in total. The molecule has 6 aromatic carbocycles. The summed E-state index contributed by atoms with van der Waals surface area (Å²) in [6, 6.07) is 42.2. The first kappa shape index (κ1) is 45.5. The van der Waals surface area contributed by atoms with E-state index in [2.05, 4.69) is 35.3 Å². The van der Waals surface area contributed by atoms with E-state index in [0.717, 1.165) is 39.8 Å². The molecule has 6 aromatic rings. The smallest absolute Gasteiger partial charge is 0.336 e. The average molecular weight is 948 g/mol. The SMILES string of the molecule is [C-]#[N+]c1ccc(N2C(=O)N(c3ccc(C)cc3)C3(CCC3)C2(O)c2cccc([N+]#[C-])c2)cc1.[C-]#[N+]c1ccc(N2C(=O)N(c3ccc(C)cc3)C3(CCC3)C2=O)cc1.[C-]#[N+]c1cccc(Br)c1. The second kappa shape index (κ2) is 18.4. The van der Waals surface area contributed by atoms with Crippen molar-refractivity contribution in [3.63, 3.8) is 0 Å². The van der Waals surface area contributed by atoms with Crippen LogP contribution in [0.4, 0.5) is 55.1 Å². The standard InChI is InChI=1S/C27H22N4O2.C20H17N3O2.C7H4BrN/c1-19-8-12-23(13-9-19)30-25(32)31(24-14-10-21(28-2)11-15-24)27(33,26(30)16-5-17-26)20-6-4-7-22(18-20)29-3;1-14-4-8-17(9-5-14)23-19(25)22(18(24)20(23)12-3-13-20)16-10-6-15(21-2)7-11-16;1-9-7-4-2-3-6(8)5-7/h4,6-15,18,33H,5,16-17H2,1H3;4-11H,3,12-13H2,1H3;2-5H. The molecule has 2 aliphatic heterocycles. The largest absolute Gasteiger partial charge is 0.365 e. The molecular weight excluding hydrogens is 905 g/mol. The Hall–Kier alpha value is -8.07. The van der Waals surface area contributed by atoms with Gasteiger partial charge in [0.1, 0.15) is 11.1 Å². The van der Waals surface area contributed by atoms with Crippen LogP contribution in [0.15, 0.2) is 150 Å². The molecule has 1 unspecified atom stereocenters. The summed E-state index contributed by atoms with van der Waals surface area (Å²) >= 11 is 3.26. The molecule has 10 rings (SSSR count). The molecule has 1 N–H and O–H groups in total. The lowest BCUT2D eigenvalue weighted by atomic mass is 9.66. The molecule has 2 aliphatic carbocycles. The van der Waals surface area contributed by atoms with Gasteiger partial charge in [0.25, 0.3) is 5.91 Å². The Morgan fingerprint density at radius 3 is 1.40 bits per heavy atom. The van der Waals surface area contributed by atoms with Crippen LogP contribution in [0.3, 0.4) is 0 Å². The lowest BCUT2D eigenvalue weighted by molar-refractivity contribution is -0.123. The first-order valence-corrected chi connectivity index (χ1v) is 22.4. The van der Waals surface area contributed by atoms with Gasteiger partial charge in [-0.25, -0.2) is 33.9 Å². The Morgan fingerprint density at radius 2 is 0.955 bits per heavy atom. The number of hydrogen-bond donors (Lipinski definition) is 1. The van der Waals surface area contributed by atoms with Gasteiger partial charge in [-0.05, 0) is 119 Å². The van der Waals surface area contributed by atoms with Crippen molar-refractivity contribution in [2.24, 2.45) is 0 Å². The minimum atomic E-state index is -1.69. The van der Waals surface area contributed by atoms with Gasteiger partial charge < -0.3 is 5.11 Å². The van der Waals surface area contributed by atoms with E-state index in [1.165, 1.54) is 9.80 Å². The topological polar surface area (TPSA) is 102 Å². The molecule has 2 spiro atoms. The van der Waals surface area contributed by atoms with E-state index in [9.17, 15) is 19.5 Å². The number of aryl methyl sites for hydroxylation is 2. The number of halogens is 1. The number of carbonyl (C=O) groups excluding carboxylic acids is 3. The van der Waals surface area contributed by atoms with E-state index >= 15 is 0 Å². The minimum Gasteiger partial charge on any atom is -0.365 e. The van der Waals surface area contributed by atoms with E-state index in [1.807, 2.05) is 74.5 Å². The van der Waals surface area contributed by atoms with Crippen LogP contribution >= 0.6 is 15.9 Å². The number of nitrogens with zero attached hydrogens (tertiary/aromatic N) is 8. The van der Waals surface area contributed by atoms with Crippen molar-refractivity contribution in [2.45, 2.75) is 69.2 Å². The molecule has 4 aliphatic rings. The zero-order chi connectivity index (χ0) is 47.5. The maximum Gasteiger partial charge on any atom is 0.336 e. The first-order valence-electron chi connectivity index (χ1n) is 21.6. The lowest BCUT2D eigenvalue weighted by Crippen LogP contribution is -2.63. The zero-order valence-corrected chi connectivity index (χ0v) is 38.3. The molecular formula is C54H43BrN8O4. The predicted molar refractivity (Wildman–Crippen MR) is 264 cm³/mol. The minimum absolute atomic E-state index is 0.167. The van der Waals surface area contributed by atoms with Crippen LogP contribution in [0.1, 0.15) is 55.2 Å². The van der Waals surface area contributed by atoms with E-state index in [1.54, 1.807) is 94.7 Å². The van der Waals surface area contributed by atoms with Crippen molar-refractivity contribution >= 4 is 79.4 Å². The van der Waals surface area contributed by atoms with Crippen molar-refractivity contribution in [1.82, 2.24) is 0 Å². The number of rotatable bonds is 5. The number of aliphatic hydroxyl groups is 1. The molecule has 1 atom stereocenters. The monoisotopic (exact) mass is 946 g/mol. The first-order chi connectivity index (χ1) is 32.3. The van der Waals surface area contributed by atoms with Crippen LogP contribution in [-0.2, 0) is 10.5 Å². The normalized spacial score (nSPS) is 18.3. The van der Waals surface area contributed by atoms with Gasteiger partial charge in [-0.1, -0.05) is 112 Å². The van der Waals surface area contributed by atoms with E-state index in [-0.39, 0.29) is 18.0 Å². The van der Waals surface area contributed by atoms with Crippen molar-refractivity contribution < 1.29 is 19.5 Å². The lowest BCUT2D eigenvalue weighted by Gasteiger charge is -2.52. The fourth-order valence-corrected chi connectivity index (χ4v) is 9.60. The highest BCUT2D eigenvalue weighted by Gasteiger charge is 2.70. The Kier molecular flexibility index (Phi) is 12.5. The molecule has 67 heavy (non-hydrogen) atoms. The molecule has 4 fully saturated rings. The number of amides is 5. The highest BCUT2D eigenvalue weighted by molar-refractivity contribution is 9.10. The van der Waals surface area contributed by atoms with Gasteiger partial charge in [-0.2, -0.15) is 0 Å². The summed E-state index contributed by atoms with van der Waals surface area (Å²) in [6.07, 6.45) is 4.44. The van der Waals surface area contributed by atoms with Crippen LogP contribution in [0.2, 0.25) is 0 Å². The predicted octanol–water partition coefficient (Wildman–Crippen LogP) is 13.8. The van der Waals surface area contributed by atoms with Crippen molar-refractivity contribution in [3.8, 4) is 0 Å². The number of carbonyl (C=O) groups is 3. The van der Waals surface area contributed by atoms with Crippen LogP contribution in [0, 0.1) is 40.1 Å². The highest BCUT2D eigenvalue weighted by atomic mass is 79.9. The van der Waals surface area contributed by atoms with Gasteiger partial charge in [0.2, 0.25) is 0 Å². The number of hydrogen-bond acceptors (Lipinski definition) is 4. The number of benzene rings is 6. The Labute approximate surface area is 398 Å². The van der Waals surface area contributed by atoms with E-state index in [4.69, 9.17) is 26.3 Å². The quantitative estimate of drug-likeness (QED) is 0.137. The summed E-state index contributed by atoms with van der Waals surface area (Å²) < 4.78 is 0.955. The summed E-state index contributed by atoms with van der Waals surface area (Å²) in [5.41, 5.74) is 3.89. The molecule has 5 amide bonds. The number of urea groups is 2. The second-order valence-electron chi connectivity index (χ2n) is 16.8. The third-order valence-electron chi connectivity index (χ3n) is 12.9. The van der Waals surface area contributed by atoms with Gasteiger partial charge in [-0.3, -0.25) is 19.5 Å². The third-order valence-corrected chi connectivity index (χ3v) is 13.4. The third kappa shape index (κ3) is 7.96. The molecule has 330 valence electrons. The summed E-state index contributed by atoms with van der Waals surface area (Å²) in [7, 11) is 0. The van der Waals surface area contributed by atoms with Crippen molar-refractivity contribution in [1.29, 1.82) is 0 Å². The van der Waals surface area contributed by atoms with Gasteiger partial charge in [0.15, 0.2) is 28.5 Å². The number of anilines is 4. The average Bonchev–Trinajstić information content (AvgIpc) is 3.70. The van der Waals surface area contributed by atoms with Crippen LogP contribution < -0.4 is 19.6 Å². The Bertz CT molecular complexity index is 3050. The van der Waals surface area contributed by atoms with Gasteiger partial charge >= 0.3 is 12.1 Å². The van der Waals surface area contributed by atoms with Crippen LogP contribution in [0.5, 0.6) is 0 Å². The summed E-state index contributed by atoms with van der Waals surface area (Å²) in [6.45, 7) is 32.4. The fraction of sp³-hybridized carbons (Fsp3) is 0.204. The molecule has 0 bridgehead atoms. The maximum absolute atomic E-state index is 14.1. The highest BCUT2D eigenvalue weighted by Crippen LogP contribution is 2.59. The molecule has 2 heterocycles. The van der Waals surface area contributed by atoms with Gasteiger partial charge in [0, 0.05) is 21.5 Å². The van der Waals surface area contributed by atoms with Gasteiger partial charge in [0.05, 0.1) is 32.0 Å². The fourth-order valence-electron chi connectivity index (χ4n) is 9.21. The molecule has 0 aromatic heterocycles. The van der Waals surface area contributed by atoms with E-state index < -0.39 is 16.8 Å². The van der Waals surface area contributed by atoms with Crippen LogP contribution in [0.25, 0.3) is 19.4 Å². The maximum atomic E-state index is 14.1. The Morgan fingerprint density at radius 1 is 0.507 bits per heavy atom. The Balaban J connectivity index is 0.000000157. The molecule has 2 saturated carbocycles.